The van der Waals surface area contributed by atoms with Gasteiger partial charge in [-0.25, -0.2) is 4.99 Å². The van der Waals surface area contributed by atoms with Gasteiger partial charge in [0, 0.05) is 35.8 Å². The first-order valence-corrected chi connectivity index (χ1v) is 9.28. The minimum absolute atomic E-state index is 0.353. The number of guanidine groups is 1. The molecule has 0 radical (unpaired) electrons. The Morgan fingerprint density at radius 1 is 1.40 bits per heavy atom. The fraction of sp³-hybridized carbons (Fsp3) is 0.471. The van der Waals surface area contributed by atoms with Crippen LogP contribution >= 0.6 is 15.9 Å². The number of rotatable bonds is 5. The van der Waals surface area contributed by atoms with Crippen LogP contribution in [-0.2, 0) is 6.54 Å². The van der Waals surface area contributed by atoms with Crippen molar-refractivity contribution < 1.29 is 4.52 Å². The van der Waals surface area contributed by atoms with E-state index < -0.39 is 0 Å². The fourth-order valence-electron chi connectivity index (χ4n) is 2.83. The van der Waals surface area contributed by atoms with Crippen molar-refractivity contribution in [2.24, 2.45) is 4.99 Å². The molecule has 134 valence electrons. The van der Waals surface area contributed by atoms with Gasteiger partial charge in [-0.3, -0.25) is 0 Å². The monoisotopic (exact) mass is 406 g/mol. The molecule has 1 fully saturated rings. The number of hydrogen-bond acceptors (Lipinski definition) is 5. The summed E-state index contributed by atoms with van der Waals surface area (Å²) in [5.74, 6) is 1.93. The van der Waals surface area contributed by atoms with E-state index in [-0.39, 0.29) is 0 Å². The number of anilines is 1. The van der Waals surface area contributed by atoms with Crippen molar-refractivity contribution >= 4 is 27.6 Å². The molecule has 3 rings (SSSR count). The van der Waals surface area contributed by atoms with Crippen molar-refractivity contribution in [2.75, 3.05) is 24.5 Å². The molecule has 0 spiro atoms. The summed E-state index contributed by atoms with van der Waals surface area (Å²) in [7, 11) is 0. The Kier molecular flexibility index (Phi) is 5.91. The Bertz CT molecular complexity index is 714. The Labute approximate surface area is 156 Å². The van der Waals surface area contributed by atoms with Crippen LogP contribution in [-0.4, -0.2) is 41.8 Å². The summed E-state index contributed by atoms with van der Waals surface area (Å²) in [6.45, 7) is 7.01. The highest BCUT2D eigenvalue weighted by Crippen LogP contribution is 2.22. The van der Waals surface area contributed by atoms with Gasteiger partial charge in [0.1, 0.15) is 6.54 Å². The van der Waals surface area contributed by atoms with Crippen LogP contribution in [0, 0.1) is 6.92 Å². The van der Waals surface area contributed by atoms with Gasteiger partial charge in [0.05, 0.1) is 0 Å². The summed E-state index contributed by atoms with van der Waals surface area (Å²) in [5.41, 5.74) is 1.25. The standard InChI is InChI=1S/C17H23BrN6O/c1-3-19-17(20-10-16-21-12(2)23-25-16)22-14-8-9-24(11-14)15-6-4-13(18)5-7-15/h4-7,14H,3,8-11H2,1-2H3,(H2,19,20,22). The molecule has 0 amide bonds. The van der Waals surface area contributed by atoms with Crippen molar-refractivity contribution in [2.45, 2.75) is 32.9 Å². The van der Waals surface area contributed by atoms with Crippen molar-refractivity contribution in [3.63, 3.8) is 0 Å². The summed E-state index contributed by atoms with van der Waals surface area (Å²) < 4.78 is 6.21. The van der Waals surface area contributed by atoms with Crippen molar-refractivity contribution in [1.29, 1.82) is 0 Å². The van der Waals surface area contributed by atoms with Gasteiger partial charge < -0.3 is 20.1 Å². The molecule has 7 nitrogen and oxygen atoms in total. The van der Waals surface area contributed by atoms with E-state index in [0.29, 0.717) is 24.3 Å². The number of aromatic nitrogens is 2. The zero-order valence-corrected chi connectivity index (χ0v) is 16.1. The van der Waals surface area contributed by atoms with E-state index in [9.17, 15) is 0 Å². The van der Waals surface area contributed by atoms with Crippen LogP contribution in [0.4, 0.5) is 5.69 Å². The van der Waals surface area contributed by atoms with Crippen LogP contribution in [0.15, 0.2) is 38.3 Å². The molecule has 1 aromatic heterocycles. The van der Waals surface area contributed by atoms with E-state index in [1.54, 1.807) is 6.92 Å². The number of aryl methyl sites for hydroxylation is 1. The van der Waals surface area contributed by atoms with E-state index >= 15 is 0 Å². The SMILES string of the molecule is CCNC(=NCc1nc(C)no1)NC1CCN(c2ccc(Br)cc2)C1. The van der Waals surface area contributed by atoms with Crippen LogP contribution in [0.2, 0.25) is 0 Å². The molecular weight excluding hydrogens is 384 g/mol. The van der Waals surface area contributed by atoms with Crippen LogP contribution < -0.4 is 15.5 Å². The van der Waals surface area contributed by atoms with Crippen LogP contribution in [0.25, 0.3) is 0 Å². The highest BCUT2D eigenvalue weighted by atomic mass is 79.9. The normalized spacial score (nSPS) is 17.8. The molecule has 0 saturated carbocycles. The maximum Gasteiger partial charge on any atom is 0.248 e. The number of aliphatic imine (C=N–C) groups is 1. The summed E-state index contributed by atoms with van der Waals surface area (Å²) in [5, 5.41) is 10.6. The zero-order chi connectivity index (χ0) is 17.6. The second kappa shape index (κ2) is 8.33. The first-order chi connectivity index (χ1) is 12.1. The third-order valence-electron chi connectivity index (χ3n) is 4.01. The van der Waals surface area contributed by atoms with Crippen LogP contribution in [0.5, 0.6) is 0 Å². The molecule has 0 aliphatic carbocycles. The zero-order valence-electron chi connectivity index (χ0n) is 14.5. The third kappa shape index (κ3) is 4.94. The second-order valence-electron chi connectivity index (χ2n) is 5.98. The predicted molar refractivity (Wildman–Crippen MR) is 102 cm³/mol. The molecule has 0 bridgehead atoms. The molecule has 2 N–H and O–H groups in total. The number of hydrogen-bond donors (Lipinski definition) is 2. The number of benzene rings is 1. The topological polar surface area (TPSA) is 78.6 Å². The smallest absolute Gasteiger partial charge is 0.248 e. The Hall–Kier alpha value is -2.09. The third-order valence-corrected chi connectivity index (χ3v) is 4.54. The van der Waals surface area contributed by atoms with E-state index in [4.69, 9.17) is 4.52 Å². The number of halogens is 1. The number of nitrogens with one attached hydrogen (secondary N) is 2. The maximum absolute atomic E-state index is 5.11. The molecule has 1 aliphatic heterocycles. The van der Waals surface area contributed by atoms with Crippen LogP contribution in [0.1, 0.15) is 25.1 Å². The molecule has 2 aromatic rings. The molecule has 2 heterocycles. The highest BCUT2D eigenvalue weighted by Gasteiger charge is 2.23. The van der Waals surface area contributed by atoms with Gasteiger partial charge in [0.2, 0.25) is 5.89 Å². The molecule has 1 aromatic carbocycles. The van der Waals surface area contributed by atoms with Crippen LogP contribution in [0.3, 0.4) is 0 Å². The lowest BCUT2D eigenvalue weighted by atomic mass is 10.3. The van der Waals surface area contributed by atoms with Gasteiger partial charge >= 0.3 is 0 Å². The minimum atomic E-state index is 0.353. The predicted octanol–water partition coefficient (Wildman–Crippen LogP) is 2.47. The lowest BCUT2D eigenvalue weighted by Gasteiger charge is -2.20. The maximum atomic E-state index is 5.11. The molecular formula is C17H23BrN6O. The Morgan fingerprint density at radius 3 is 2.88 bits per heavy atom. The Balaban J connectivity index is 1.58. The van der Waals surface area contributed by atoms with Gasteiger partial charge in [-0.2, -0.15) is 4.98 Å². The van der Waals surface area contributed by atoms with E-state index in [0.717, 1.165) is 36.5 Å². The largest absolute Gasteiger partial charge is 0.369 e. The summed E-state index contributed by atoms with van der Waals surface area (Å²) >= 11 is 3.48. The van der Waals surface area contributed by atoms with E-state index in [1.165, 1.54) is 5.69 Å². The lowest BCUT2D eigenvalue weighted by molar-refractivity contribution is 0.376. The average molecular weight is 407 g/mol. The van der Waals surface area contributed by atoms with E-state index in [1.807, 2.05) is 0 Å². The van der Waals surface area contributed by atoms with Crippen molar-refractivity contribution in [3.05, 3.63) is 40.5 Å². The molecule has 25 heavy (non-hydrogen) atoms. The Morgan fingerprint density at radius 2 is 2.20 bits per heavy atom. The van der Waals surface area contributed by atoms with Gasteiger partial charge in [0.15, 0.2) is 11.8 Å². The first-order valence-electron chi connectivity index (χ1n) is 8.48. The molecule has 1 saturated heterocycles. The molecule has 1 unspecified atom stereocenters. The summed E-state index contributed by atoms with van der Waals surface area (Å²) in [4.78, 5) is 11.1. The molecule has 1 aliphatic rings. The quantitative estimate of drug-likeness (QED) is 0.586. The van der Waals surface area contributed by atoms with Gasteiger partial charge in [0.25, 0.3) is 0 Å². The second-order valence-corrected chi connectivity index (χ2v) is 6.90. The van der Waals surface area contributed by atoms with Crippen molar-refractivity contribution in [1.82, 2.24) is 20.8 Å². The first kappa shape index (κ1) is 17.7. The highest BCUT2D eigenvalue weighted by molar-refractivity contribution is 9.10. The summed E-state index contributed by atoms with van der Waals surface area (Å²) in [6, 6.07) is 8.79. The number of nitrogens with zero attached hydrogens (tertiary/aromatic N) is 4. The van der Waals surface area contributed by atoms with Gasteiger partial charge in [-0.1, -0.05) is 21.1 Å². The van der Waals surface area contributed by atoms with Gasteiger partial charge in [-0.15, -0.1) is 0 Å². The summed E-state index contributed by atoms with van der Waals surface area (Å²) in [6.07, 6.45) is 1.07. The van der Waals surface area contributed by atoms with E-state index in [2.05, 4.69) is 77.8 Å². The minimum Gasteiger partial charge on any atom is -0.369 e. The lowest BCUT2D eigenvalue weighted by Crippen LogP contribution is -2.44. The van der Waals surface area contributed by atoms with Crippen molar-refractivity contribution in [3.8, 4) is 0 Å². The molecule has 8 heteroatoms. The average Bonchev–Trinajstić information content (AvgIpc) is 3.23. The van der Waals surface area contributed by atoms with Gasteiger partial charge in [-0.05, 0) is 44.5 Å². The fourth-order valence-corrected chi connectivity index (χ4v) is 3.09. The molecule has 1 atom stereocenters.